The molecule has 0 aromatic heterocycles. The van der Waals surface area contributed by atoms with E-state index in [0.717, 1.165) is 0 Å². The molecule has 0 radical (unpaired) electrons. The second kappa shape index (κ2) is 22.1. The first-order valence-corrected chi connectivity index (χ1v) is 20.2. The van der Waals surface area contributed by atoms with Gasteiger partial charge in [0.2, 0.25) is 0 Å². The molecule has 28 atom stereocenters. The highest BCUT2D eigenvalue weighted by Crippen LogP contribution is 2.34. The molecule has 6 rings (SSSR count). The summed E-state index contributed by atoms with van der Waals surface area (Å²) in [6, 6.07) is -5.60. The third-order valence-corrected chi connectivity index (χ3v) is 12.1. The lowest BCUT2D eigenvalue weighted by molar-refractivity contribution is -0.310. The average Bonchev–Trinajstić information content (AvgIpc) is 3.68. The van der Waals surface area contributed by atoms with Crippen LogP contribution in [0.1, 0.15) is 12.8 Å². The molecular weight excluding hydrogens is 844 g/mol. The maximum absolute atomic E-state index is 10.8. The number of rotatable bonds is 12. The van der Waals surface area contributed by atoms with Gasteiger partial charge in [0.1, 0.15) is 104 Å². The van der Waals surface area contributed by atoms with Crippen molar-refractivity contribution in [1.29, 1.82) is 0 Å². The highest BCUT2D eigenvalue weighted by Gasteiger charge is 2.54. The third kappa shape index (κ3) is 10.8. The van der Waals surface area contributed by atoms with Crippen molar-refractivity contribution >= 4 is 0 Å². The van der Waals surface area contributed by atoms with Gasteiger partial charge in [-0.05, 0) is 12.8 Å². The molecule has 0 aromatic rings. The smallest absolute Gasteiger partial charge is 0.187 e. The van der Waals surface area contributed by atoms with Gasteiger partial charge in [-0.3, -0.25) is 0 Å². The molecular formula is C34H66N6O22. The van der Waals surface area contributed by atoms with Crippen molar-refractivity contribution in [3.8, 4) is 0 Å². The van der Waals surface area contributed by atoms with Crippen LogP contribution in [0.2, 0.25) is 0 Å². The zero-order chi connectivity index (χ0) is 46.1. The summed E-state index contributed by atoms with van der Waals surface area (Å²) in [4.78, 5) is 0. The number of aliphatic hydroxyl groups excluding tert-OH is 14. The molecule has 28 nitrogen and oxygen atoms in total. The van der Waals surface area contributed by atoms with Crippen LogP contribution in [0.3, 0.4) is 0 Å². The second-order valence-corrected chi connectivity index (χ2v) is 16.5. The largest absolute Gasteiger partial charge is 0.394 e. The topological polar surface area (TPSA) is 513 Å². The summed E-state index contributed by atoms with van der Waals surface area (Å²) in [5, 5.41) is 139. The summed E-state index contributed by atoms with van der Waals surface area (Å²) in [6.45, 7) is -2.34. The van der Waals surface area contributed by atoms with Crippen LogP contribution in [0, 0.1) is 0 Å². The van der Waals surface area contributed by atoms with Crippen LogP contribution in [-0.2, 0) is 37.9 Å². The Labute approximate surface area is 354 Å². The quantitative estimate of drug-likeness (QED) is 0.0864. The number of ether oxygens (including phenoxy) is 8. The molecule has 2 aliphatic carbocycles. The van der Waals surface area contributed by atoms with Crippen LogP contribution in [0.4, 0.5) is 0 Å². The van der Waals surface area contributed by atoms with Gasteiger partial charge in [0.25, 0.3) is 0 Å². The average molecular weight is 911 g/mol. The SMILES string of the molecule is NC1CC(N)[C@@H](O[C@H]2OC(CO)[C@@H](O)C(O)[C@@H]2N)C(O)[C@@H]1O[C@@H]1O[C@H](CO)[C@H](O)C1O.NC1CC(N)[C@@H](O[C@H]2OC(CO)[C@@H](O)C(O)[C@@H]2N)C(O[C@@H]2O[C@H](CO)[C@H](O)C2O)[C@@H]1O. The molecule has 2 saturated carbocycles. The number of hydrogen-bond donors (Lipinski definition) is 20. The van der Waals surface area contributed by atoms with E-state index in [4.69, 9.17) is 72.3 Å². The molecule has 364 valence electrons. The van der Waals surface area contributed by atoms with E-state index in [-0.39, 0.29) is 12.8 Å². The van der Waals surface area contributed by atoms with E-state index in [2.05, 4.69) is 0 Å². The first-order valence-electron chi connectivity index (χ1n) is 20.2. The van der Waals surface area contributed by atoms with E-state index in [0.29, 0.717) is 0 Å². The molecule has 6 fully saturated rings. The molecule has 4 aliphatic heterocycles. The zero-order valence-corrected chi connectivity index (χ0v) is 33.4. The van der Waals surface area contributed by atoms with Gasteiger partial charge in [-0.1, -0.05) is 0 Å². The predicted octanol–water partition coefficient (Wildman–Crippen LogP) is -13.2. The lowest BCUT2D eigenvalue weighted by atomic mass is 9.84. The Kier molecular flexibility index (Phi) is 18.5. The maximum atomic E-state index is 10.8. The fourth-order valence-electron chi connectivity index (χ4n) is 8.27. The van der Waals surface area contributed by atoms with Crippen LogP contribution in [0.5, 0.6) is 0 Å². The van der Waals surface area contributed by atoms with Crippen LogP contribution < -0.4 is 34.4 Å². The molecule has 26 N–H and O–H groups in total. The lowest BCUT2D eigenvalue weighted by Crippen LogP contribution is -2.68. The van der Waals surface area contributed by atoms with E-state index in [1.54, 1.807) is 0 Å². The monoisotopic (exact) mass is 910 g/mol. The minimum atomic E-state index is -1.52. The highest BCUT2D eigenvalue weighted by molar-refractivity contribution is 5.03. The standard InChI is InChI=1S/2C17H33N3O11/c18-4-1-5(19)15(31-17-12(26)10(24)7(3-22)29-17)13(27)14(4)30-16-8(20)11(25)9(23)6(2-21)28-16;18-4-1-5(19)14(30-16-8(20)12(26)10(24)6(2-21)28-16)15(9(4)23)31-17-13(27)11(25)7(3-22)29-17/h2*4-17,21-27H,1-3,18-20H2/t4?,5?,6?,7-,8+,9-,10+,11?,12?,13?,14-,15-,16-,17+;4?,5?,6?,7-,8+,9-,10-,11+,12?,13?,14-,15?,16-,17+/m11/s1. The number of aliphatic hydroxyl groups is 14. The Morgan fingerprint density at radius 2 is 0.613 bits per heavy atom. The molecule has 0 spiro atoms. The summed E-state index contributed by atoms with van der Waals surface area (Å²) in [5.74, 6) is 0. The van der Waals surface area contributed by atoms with Gasteiger partial charge in [-0.25, -0.2) is 0 Å². The normalized spacial score (nSPS) is 53.6. The fourth-order valence-corrected chi connectivity index (χ4v) is 8.27. The van der Waals surface area contributed by atoms with Crippen LogP contribution in [-0.4, -0.2) is 269 Å². The molecule has 28 heteroatoms. The summed E-state index contributed by atoms with van der Waals surface area (Å²) >= 11 is 0. The summed E-state index contributed by atoms with van der Waals surface area (Å²) < 4.78 is 44.3. The maximum Gasteiger partial charge on any atom is 0.187 e. The molecule has 0 bridgehead atoms. The molecule has 12 unspecified atom stereocenters. The van der Waals surface area contributed by atoms with Crippen LogP contribution in [0.25, 0.3) is 0 Å². The van der Waals surface area contributed by atoms with Crippen molar-refractivity contribution in [2.45, 2.75) is 184 Å². The Morgan fingerprint density at radius 3 is 1.00 bits per heavy atom. The predicted molar refractivity (Wildman–Crippen MR) is 200 cm³/mol. The van der Waals surface area contributed by atoms with E-state index < -0.39 is 198 Å². The van der Waals surface area contributed by atoms with E-state index in [1.165, 1.54) is 0 Å². The molecule has 4 heterocycles. The van der Waals surface area contributed by atoms with Crippen LogP contribution in [0.15, 0.2) is 0 Å². The van der Waals surface area contributed by atoms with Crippen molar-refractivity contribution in [2.75, 3.05) is 26.4 Å². The molecule has 0 aromatic carbocycles. The first-order chi connectivity index (χ1) is 29.2. The third-order valence-electron chi connectivity index (χ3n) is 12.1. The molecule has 6 aliphatic rings. The van der Waals surface area contributed by atoms with Gasteiger partial charge in [0, 0.05) is 24.2 Å². The lowest BCUT2D eigenvalue weighted by Gasteiger charge is -2.47. The minimum absolute atomic E-state index is 0.123. The minimum Gasteiger partial charge on any atom is -0.394 e. The van der Waals surface area contributed by atoms with Gasteiger partial charge in [0.05, 0.1) is 44.6 Å². The summed E-state index contributed by atoms with van der Waals surface area (Å²) in [7, 11) is 0. The van der Waals surface area contributed by atoms with E-state index in [9.17, 15) is 71.5 Å². The van der Waals surface area contributed by atoms with Crippen LogP contribution >= 0.6 is 0 Å². The Bertz CT molecular complexity index is 1380. The highest BCUT2D eigenvalue weighted by atomic mass is 16.7. The molecule has 4 saturated heterocycles. The summed E-state index contributed by atoms with van der Waals surface area (Å²) in [5.41, 5.74) is 36.0. The second-order valence-electron chi connectivity index (χ2n) is 16.5. The fraction of sp³-hybridized carbons (Fsp3) is 1.00. The van der Waals surface area contributed by atoms with Gasteiger partial charge >= 0.3 is 0 Å². The van der Waals surface area contributed by atoms with Crippen molar-refractivity contribution in [3.63, 3.8) is 0 Å². The summed E-state index contributed by atoms with van der Waals surface area (Å²) in [6.07, 6.45) is -28.7. The Hall–Kier alpha value is -1.12. The van der Waals surface area contributed by atoms with Crippen molar-refractivity contribution < 1.29 is 109 Å². The Morgan fingerprint density at radius 1 is 0.323 bits per heavy atom. The number of hydrogen-bond acceptors (Lipinski definition) is 28. The van der Waals surface area contributed by atoms with E-state index >= 15 is 0 Å². The first kappa shape index (κ1) is 51.9. The molecule has 62 heavy (non-hydrogen) atoms. The Balaban J connectivity index is 0.000000234. The van der Waals surface area contributed by atoms with Crippen molar-refractivity contribution in [3.05, 3.63) is 0 Å². The van der Waals surface area contributed by atoms with Gasteiger partial charge < -0.3 is 144 Å². The van der Waals surface area contributed by atoms with Gasteiger partial charge in [-0.15, -0.1) is 0 Å². The van der Waals surface area contributed by atoms with Gasteiger partial charge in [0.15, 0.2) is 25.2 Å². The zero-order valence-electron chi connectivity index (χ0n) is 33.4. The van der Waals surface area contributed by atoms with Crippen molar-refractivity contribution in [1.82, 2.24) is 0 Å². The molecule has 0 amide bonds. The van der Waals surface area contributed by atoms with Crippen molar-refractivity contribution in [2.24, 2.45) is 34.4 Å². The van der Waals surface area contributed by atoms with Gasteiger partial charge in [-0.2, -0.15) is 0 Å². The number of nitrogens with two attached hydrogens (primary N) is 6. The van der Waals surface area contributed by atoms with E-state index in [1.807, 2.05) is 0 Å².